The molecule has 5 heteroatoms. The minimum absolute atomic E-state index is 0.0146. The second-order valence-electron chi connectivity index (χ2n) is 9.50. The second-order valence-corrected chi connectivity index (χ2v) is 9.50. The molecule has 0 N–H and O–H groups in total. The molecule has 0 spiro atoms. The molecular weight excluding hydrogens is 340 g/mol. The van der Waals surface area contributed by atoms with Crippen molar-refractivity contribution in [2.45, 2.75) is 51.6 Å². The van der Waals surface area contributed by atoms with Crippen LogP contribution >= 0.6 is 0 Å². The van der Waals surface area contributed by atoms with Gasteiger partial charge in [-0.2, -0.15) is 0 Å². The molecule has 2 bridgehead atoms. The third kappa shape index (κ3) is 3.54. The summed E-state index contributed by atoms with van der Waals surface area (Å²) < 4.78 is 11.0. The van der Waals surface area contributed by atoms with Crippen molar-refractivity contribution in [2.75, 3.05) is 33.4 Å². The molecule has 4 heterocycles. The van der Waals surface area contributed by atoms with Gasteiger partial charge in [0.1, 0.15) is 5.75 Å². The lowest BCUT2D eigenvalue weighted by Crippen LogP contribution is -2.60. The SMILES string of the molecule is COc1ccc([C@@H]2CN(C(=O)OCC(C)(C)C)[C@@H]3C4CCN(CC4)[C@@H]32)cc1. The van der Waals surface area contributed by atoms with Gasteiger partial charge >= 0.3 is 6.09 Å². The Morgan fingerprint density at radius 2 is 1.78 bits per heavy atom. The van der Waals surface area contributed by atoms with Crippen molar-refractivity contribution in [1.29, 1.82) is 0 Å². The van der Waals surface area contributed by atoms with Gasteiger partial charge in [0.15, 0.2) is 0 Å². The molecule has 27 heavy (non-hydrogen) atoms. The normalized spacial score (nSPS) is 32.3. The van der Waals surface area contributed by atoms with E-state index in [4.69, 9.17) is 9.47 Å². The maximum Gasteiger partial charge on any atom is 0.410 e. The van der Waals surface area contributed by atoms with E-state index in [2.05, 4.69) is 37.8 Å². The van der Waals surface area contributed by atoms with Crippen LogP contribution in [0.3, 0.4) is 0 Å². The summed E-state index contributed by atoms with van der Waals surface area (Å²) in [4.78, 5) is 17.6. The van der Waals surface area contributed by atoms with E-state index in [1.165, 1.54) is 18.4 Å². The molecule has 5 nitrogen and oxygen atoms in total. The number of methoxy groups -OCH3 is 1. The van der Waals surface area contributed by atoms with Crippen LogP contribution in [0.25, 0.3) is 0 Å². The van der Waals surface area contributed by atoms with Crippen LogP contribution in [0.4, 0.5) is 4.79 Å². The highest BCUT2D eigenvalue weighted by Crippen LogP contribution is 2.46. The van der Waals surface area contributed by atoms with E-state index < -0.39 is 0 Å². The summed E-state index contributed by atoms with van der Waals surface area (Å²) in [5.74, 6) is 1.82. The fourth-order valence-electron chi connectivity index (χ4n) is 5.14. The summed E-state index contributed by atoms with van der Waals surface area (Å²) in [6, 6.07) is 9.07. The predicted octanol–water partition coefficient (Wildman–Crippen LogP) is 3.74. The fourth-order valence-corrected chi connectivity index (χ4v) is 5.14. The molecule has 1 aromatic rings. The van der Waals surface area contributed by atoms with Crippen LogP contribution in [0.15, 0.2) is 24.3 Å². The summed E-state index contributed by atoms with van der Waals surface area (Å²) in [7, 11) is 1.69. The first-order chi connectivity index (χ1) is 12.9. The third-order valence-corrected chi connectivity index (χ3v) is 6.40. The molecule has 0 aliphatic carbocycles. The highest BCUT2D eigenvalue weighted by atomic mass is 16.6. The van der Waals surface area contributed by atoms with Gasteiger partial charge in [0.25, 0.3) is 0 Å². The highest BCUT2D eigenvalue weighted by Gasteiger charge is 2.55. The van der Waals surface area contributed by atoms with Crippen molar-refractivity contribution >= 4 is 6.09 Å². The number of piperidine rings is 3. The van der Waals surface area contributed by atoms with Gasteiger partial charge in [0.05, 0.1) is 19.8 Å². The van der Waals surface area contributed by atoms with E-state index in [9.17, 15) is 4.79 Å². The van der Waals surface area contributed by atoms with Gasteiger partial charge < -0.3 is 14.4 Å². The molecule has 5 rings (SSSR count). The maximum absolute atomic E-state index is 13.0. The summed E-state index contributed by atoms with van der Waals surface area (Å²) >= 11 is 0. The zero-order valence-corrected chi connectivity index (χ0v) is 17.0. The average Bonchev–Trinajstić information content (AvgIpc) is 3.09. The Kier molecular flexibility index (Phi) is 4.83. The monoisotopic (exact) mass is 372 g/mol. The molecule has 0 radical (unpaired) electrons. The Labute approximate surface area is 162 Å². The number of carbonyl (C=O) groups excluding carboxylic acids is 1. The summed E-state index contributed by atoms with van der Waals surface area (Å²) in [5.41, 5.74) is 1.28. The summed E-state index contributed by atoms with van der Waals surface area (Å²) in [6.45, 7) is 9.82. The fraction of sp³-hybridized carbons (Fsp3) is 0.682. The molecule has 148 valence electrons. The first kappa shape index (κ1) is 18.6. The van der Waals surface area contributed by atoms with Gasteiger partial charge in [0.2, 0.25) is 0 Å². The van der Waals surface area contributed by atoms with E-state index >= 15 is 0 Å². The van der Waals surface area contributed by atoms with E-state index in [0.717, 1.165) is 25.4 Å². The molecule has 4 fully saturated rings. The highest BCUT2D eigenvalue weighted by molar-refractivity contribution is 5.69. The zero-order valence-electron chi connectivity index (χ0n) is 17.0. The third-order valence-electron chi connectivity index (χ3n) is 6.40. The van der Waals surface area contributed by atoms with Gasteiger partial charge in [0, 0.05) is 18.5 Å². The molecule has 1 amide bonds. The molecule has 4 aliphatic rings. The number of rotatable bonds is 3. The molecule has 0 aromatic heterocycles. The number of carbonyl (C=O) groups is 1. The largest absolute Gasteiger partial charge is 0.497 e. The minimum atomic E-state index is -0.135. The predicted molar refractivity (Wildman–Crippen MR) is 105 cm³/mol. The molecule has 1 aromatic carbocycles. The van der Waals surface area contributed by atoms with Crippen molar-refractivity contribution in [2.24, 2.45) is 11.3 Å². The van der Waals surface area contributed by atoms with Gasteiger partial charge in [-0.1, -0.05) is 32.9 Å². The Hall–Kier alpha value is -1.75. The molecule has 0 unspecified atom stereocenters. The number of hydrogen-bond donors (Lipinski definition) is 0. The van der Waals surface area contributed by atoms with Crippen LogP contribution in [0.2, 0.25) is 0 Å². The number of amides is 1. The Bertz CT molecular complexity index is 674. The van der Waals surface area contributed by atoms with Gasteiger partial charge in [-0.3, -0.25) is 4.90 Å². The van der Waals surface area contributed by atoms with E-state index in [1.54, 1.807) is 7.11 Å². The van der Waals surface area contributed by atoms with Crippen molar-refractivity contribution in [3.8, 4) is 5.75 Å². The lowest BCUT2D eigenvalue weighted by molar-refractivity contribution is -0.0111. The maximum atomic E-state index is 13.0. The van der Waals surface area contributed by atoms with Crippen LogP contribution in [-0.4, -0.2) is 61.3 Å². The Balaban J connectivity index is 1.58. The first-order valence-corrected chi connectivity index (χ1v) is 10.2. The van der Waals surface area contributed by atoms with Crippen molar-refractivity contribution in [3.05, 3.63) is 29.8 Å². The number of ether oxygens (including phenoxy) is 2. The topological polar surface area (TPSA) is 42.0 Å². The van der Waals surface area contributed by atoms with Crippen molar-refractivity contribution in [3.63, 3.8) is 0 Å². The zero-order chi connectivity index (χ0) is 19.2. The Morgan fingerprint density at radius 3 is 2.37 bits per heavy atom. The Morgan fingerprint density at radius 1 is 1.11 bits per heavy atom. The summed E-state index contributed by atoms with van der Waals surface area (Å²) in [5, 5.41) is 0. The van der Waals surface area contributed by atoms with Crippen LogP contribution in [-0.2, 0) is 4.74 Å². The van der Waals surface area contributed by atoms with Gasteiger partial charge in [-0.25, -0.2) is 4.79 Å². The van der Waals surface area contributed by atoms with Gasteiger partial charge in [-0.15, -0.1) is 0 Å². The second kappa shape index (κ2) is 7.01. The quantitative estimate of drug-likeness (QED) is 0.811. The minimum Gasteiger partial charge on any atom is -0.497 e. The van der Waals surface area contributed by atoms with Crippen molar-refractivity contribution in [1.82, 2.24) is 9.80 Å². The average molecular weight is 373 g/mol. The molecule has 4 saturated heterocycles. The van der Waals surface area contributed by atoms with Crippen molar-refractivity contribution < 1.29 is 14.3 Å². The molecule has 0 saturated carbocycles. The van der Waals surface area contributed by atoms with E-state index in [-0.39, 0.29) is 17.6 Å². The number of fused-ring (bicyclic) bond motifs is 2. The number of nitrogens with zero attached hydrogens (tertiary/aromatic N) is 2. The number of benzene rings is 1. The first-order valence-electron chi connectivity index (χ1n) is 10.2. The molecule has 4 aliphatic heterocycles. The van der Waals surface area contributed by atoms with Crippen LogP contribution in [0, 0.1) is 11.3 Å². The van der Waals surface area contributed by atoms with E-state index in [1.807, 2.05) is 17.0 Å². The molecular formula is C22H32N2O3. The molecule has 3 atom stereocenters. The lowest BCUT2D eigenvalue weighted by Gasteiger charge is -2.50. The van der Waals surface area contributed by atoms with Crippen LogP contribution < -0.4 is 4.74 Å². The number of hydrogen-bond acceptors (Lipinski definition) is 4. The van der Waals surface area contributed by atoms with Crippen LogP contribution in [0.5, 0.6) is 5.75 Å². The van der Waals surface area contributed by atoms with E-state index in [0.29, 0.717) is 24.5 Å². The summed E-state index contributed by atoms with van der Waals surface area (Å²) in [6.07, 6.45) is 2.25. The lowest BCUT2D eigenvalue weighted by atomic mass is 9.75. The number of likely N-dealkylation sites (tertiary alicyclic amines) is 1. The standard InChI is InChI=1S/C22H32N2O3/c1-22(2,3)14-27-21(25)24-13-18(15-5-7-17(26-4)8-6-15)20-19(24)16-9-11-23(20)12-10-16/h5-8,16,18-20H,9-14H2,1-4H3/t18-,19+,20+/m0/s1. The van der Waals surface area contributed by atoms with Crippen LogP contribution in [0.1, 0.15) is 45.1 Å². The van der Waals surface area contributed by atoms with Gasteiger partial charge in [-0.05, 0) is 55.0 Å². The smallest absolute Gasteiger partial charge is 0.410 e.